The second kappa shape index (κ2) is 7.26. The third-order valence-corrected chi connectivity index (χ3v) is 5.83. The molecule has 2 aliphatic heterocycles. The predicted molar refractivity (Wildman–Crippen MR) is 92.9 cm³/mol. The maximum Gasteiger partial charge on any atom is 0.0212 e. The first-order valence-corrected chi connectivity index (χ1v) is 9.19. The van der Waals surface area contributed by atoms with E-state index in [0.717, 1.165) is 11.8 Å². The van der Waals surface area contributed by atoms with Crippen LogP contribution >= 0.6 is 15.9 Å². The quantitative estimate of drug-likeness (QED) is 0.891. The van der Waals surface area contributed by atoms with Gasteiger partial charge < -0.3 is 10.2 Å². The lowest BCUT2D eigenvalue weighted by Crippen LogP contribution is -2.31. The van der Waals surface area contributed by atoms with E-state index in [9.17, 15) is 0 Å². The van der Waals surface area contributed by atoms with E-state index < -0.39 is 0 Å². The predicted octanol–water partition coefficient (Wildman–Crippen LogP) is 3.80. The van der Waals surface area contributed by atoms with E-state index in [1.165, 1.54) is 73.9 Å². The molecule has 2 heterocycles. The summed E-state index contributed by atoms with van der Waals surface area (Å²) < 4.78 is 1.33. The molecule has 1 aromatic carbocycles. The van der Waals surface area contributed by atoms with Crippen LogP contribution in [0.5, 0.6) is 0 Å². The van der Waals surface area contributed by atoms with Crippen LogP contribution < -0.4 is 5.32 Å². The molecule has 2 fully saturated rings. The van der Waals surface area contributed by atoms with Crippen molar-refractivity contribution < 1.29 is 0 Å². The van der Waals surface area contributed by atoms with Crippen LogP contribution in [0, 0.1) is 5.92 Å². The summed E-state index contributed by atoms with van der Waals surface area (Å²) in [7, 11) is 2.23. The number of nitrogens with zero attached hydrogens (tertiary/aromatic N) is 1. The molecule has 2 nitrogen and oxygen atoms in total. The summed E-state index contributed by atoms with van der Waals surface area (Å²) >= 11 is 3.83. The van der Waals surface area contributed by atoms with E-state index in [-0.39, 0.29) is 0 Å². The number of benzene rings is 1. The molecule has 0 saturated carbocycles. The van der Waals surface area contributed by atoms with Gasteiger partial charge in [-0.2, -0.15) is 0 Å². The fraction of sp³-hybridized carbons (Fsp3) is 0.667. The van der Waals surface area contributed by atoms with Gasteiger partial charge in [-0.3, -0.25) is 0 Å². The average Bonchev–Trinajstić information content (AvgIpc) is 2.50. The van der Waals surface area contributed by atoms with Crippen molar-refractivity contribution >= 4 is 15.9 Å². The smallest absolute Gasteiger partial charge is 0.0212 e. The molecule has 116 valence electrons. The molecule has 0 aliphatic carbocycles. The van der Waals surface area contributed by atoms with Gasteiger partial charge in [0.05, 0.1) is 0 Å². The summed E-state index contributed by atoms with van der Waals surface area (Å²) in [5, 5.41) is 3.52. The van der Waals surface area contributed by atoms with Gasteiger partial charge in [0.2, 0.25) is 0 Å². The molecule has 1 unspecified atom stereocenters. The van der Waals surface area contributed by atoms with Gasteiger partial charge in [-0.05, 0) is 94.4 Å². The van der Waals surface area contributed by atoms with Crippen molar-refractivity contribution in [2.75, 3.05) is 33.2 Å². The maximum absolute atomic E-state index is 3.83. The molecule has 1 N–H and O–H groups in total. The first-order valence-electron chi connectivity index (χ1n) is 8.40. The molecule has 1 atom stereocenters. The molecule has 3 rings (SSSR count). The van der Waals surface area contributed by atoms with E-state index in [1.54, 1.807) is 0 Å². The molecule has 2 saturated heterocycles. The topological polar surface area (TPSA) is 15.3 Å². The first-order chi connectivity index (χ1) is 10.2. The zero-order chi connectivity index (χ0) is 14.7. The van der Waals surface area contributed by atoms with Crippen molar-refractivity contribution in [2.24, 2.45) is 5.92 Å². The Kier molecular flexibility index (Phi) is 5.36. The molecule has 0 aromatic heterocycles. The fourth-order valence-electron chi connectivity index (χ4n) is 3.78. The van der Waals surface area contributed by atoms with Gasteiger partial charge in [-0.1, -0.05) is 28.1 Å². The number of nitrogens with one attached hydrogen (secondary N) is 1. The number of hydrogen-bond acceptors (Lipinski definition) is 2. The zero-order valence-electron chi connectivity index (χ0n) is 13.1. The van der Waals surface area contributed by atoms with Crippen LogP contribution in [0.4, 0.5) is 0 Å². The third kappa shape index (κ3) is 4.08. The van der Waals surface area contributed by atoms with Gasteiger partial charge in [-0.15, -0.1) is 0 Å². The maximum atomic E-state index is 3.83. The number of hydrogen-bond donors (Lipinski definition) is 1. The lowest BCUT2D eigenvalue weighted by Gasteiger charge is -2.30. The Morgan fingerprint density at radius 3 is 2.71 bits per heavy atom. The van der Waals surface area contributed by atoms with Crippen LogP contribution in [0.2, 0.25) is 0 Å². The van der Waals surface area contributed by atoms with E-state index in [0.29, 0.717) is 0 Å². The molecule has 2 aliphatic rings. The molecule has 0 bridgehead atoms. The van der Waals surface area contributed by atoms with Gasteiger partial charge in [-0.25, -0.2) is 0 Å². The monoisotopic (exact) mass is 350 g/mol. The Morgan fingerprint density at radius 1 is 1.24 bits per heavy atom. The highest BCUT2D eigenvalue weighted by Crippen LogP contribution is 2.33. The molecule has 1 aromatic rings. The number of halogens is 1. The van der Waals surface area contributed by atoms with Crippen LogP contribution in [-0.4, -0.2) is 38.1 Å². The van der Waals surface area contributed by atoms with Crippen LogP contribution in [-0.2, 0) is 6.42 Å². The van der Waals surface area contributed by atoms with Gasteiger partial charge in [0, 0.05) is 4.47 Å². The van der Waals surface area contributed by atoms with Crippen molar-refractivity contribution in [3.63, 3.8) is 0 Å². The van der Waals surface area contributed by atoms with Crippen LogP contribution in [0.3, 0.4) is 0 Å². The Morgan fingerprint density at radius 2 is 2.05 bits per heavy atom. The lowest BCUT2D eigenvalue weighted by atomic mass is 9.87. The second-order valence-corrected chi connectivity index (χ2v) is 7.70. The molecular weight excluding hydrogens is 324 g/mol. The van der Waals surface area contributed by atoms with Crippen LogP contribution in [0.25, 0.3) is 0 Å². The molecule has 0 radical (unpaired) electrons. The molecule has 0 amide bonds. The highest BCUT2D eigenvalue weighted by atomic mass is 79.9. The van der Waals surface area contributed by atoms with Crippen molar-refractivity contribution in [3.8, 4) is 0 Å². The molecule has 3 heteroatoms. The largest absolute Gasteiger partial charge is 0.316 e. The minimum atomic E-state index is 0.737. The van der Waals surface area contributed by atoms with Crippen molar-refractivity contribution in [1.82, 2.24) is 10.2 Å². The summed E-state index contributed by atoms with van der Waals surface area (Å²) in [4.78, 5) is 2.44. The fourth-order valence-corrected chi connectivity index (χ4v) is 4.53. The SMILES string of the molecule is CN1CCC(c2ccc(CC3CCCNC3)cc2Br)CC1. The van der Waals surface area contributed by atoms with Gasteiger partial charge in [0.15, 0.2) is 0 Å². The van der Waals surface area contributed by atoms with Gasteiger partial charge in [0.25, 0.3) is 0 Å². The molecule has 21 heavy (non-hydrogen) atoms. The Balaban J connectivity index is 1.64. The Hall–Kier alpha value is -0.380. The number of likely N-dealkylation sites (tertiary alicyclic amines) is 1. The summed E-state index contributed by atoms with van der Waals surface area (Å²) in [5.41, 5.74) is 3.01. The summed E-state index contributed by atoms with van der Waals surface area (Å²) in [6, 6.07) is 7.13. The number of rotatable bonds is 3. The standard InChI is InChI=1S/C18H27BrN2/c1-21-9-6-16(7-10-21)17-5-4-14(12-18(17)19)11-15-3-2-8-20-13-15/h4-5,12,15-16,20H,2-3,6-11,13H2,1H3. The third-order valence-electron chi connectivity index (χ3n) is 5.15. The zero-order valence-corrected chi connectivity index (χ0v) is 14.7. The minimum Gasteiger partial charge on any atom is -0.316 e. The van der Waals surface area contributed by atoms with Crippen molar-refractivity contribution in [3.05, 3.63) is 33.8 Å². The van der Waals surface area contributed by atoms with E-state index in [2.05, 4.69) is 51.4 Å². The summed E-state index contributed by atoms with van der Waals surface area (Å²) in [6.07, 6.45) is 6.52. The van der Waals surface area contributed by atoms with Gasteiger partial charge in [0.1, 0.15) is 0 Å². The number of piperidine rings is 2. The Labute approximate surface area is 137 Å². The Bertz CT molecular complexity index is 460. The van der Waals surface area contributed by atoms with E-state index >= 15 is 0 Å². The first kappa shape index (κ1) is 15.5. The van der Waals surface area contributed by atoms with E-state index in [4.69, 9.17) is 0 Å². The van der Waals surface area contributed by atoms with Crippen LogP contribution in [0.15, 0.2) is 22.7 Å². The summed E-state index contributed by atoms with van der Waals surface area (Å²) in [6.45, 7) is 4.85. The van der Waals surface area contributed by atoms with Gasteiger partial charge >= 0.3 is 0 Å². The highest BCUT2D eigenvalue weighted by molar-refractivity contribution is 9.10. The molecular formula is C18H27BrN2. The lowest BCUT2D eigenvalue weighted by molar-refractivity contribution is 0.255. The average molecular weight is 351 g/mol. The normalized spacial score (nSPS) is 25.1. The highest BCUT2D eigenvalue weighted by Gasteiger charge is 2.21. The summed E-state index contributed by atoms with van der Waals surface area (Å²) in [5.74, 6) is 1.56. The minimum absolute atomic E-state index is 0.737. The van der Waals surface area contributed by atoms with Crippen molar-refractivity contribution in [2.45, 2.75) is 38.0 Å². The van der Waals surface area contributed by atoms with Crippen molar-refractivity contribution in [1.29, 1.82) is 0 Å². The van der Waals surface area contributed by atoms with E-state index in [1.807, 2.05) is 0 Å². The second-order valence-electron chi connectivity index (χ2n) is 6.85. The molecule has 0 spiro atoms. The van der Waals surface area contributed by atoms with Crippen LogP contribution in [0.1, 0.15) is 42.7 Å².